The Labute approximate surface area is 82.7 Å². The van der Waals surface area contributed by atoms with Crippen LogP contribution < -0.4 is 0 Å². The Balaban J connectivity index is 2.12. The van der Waals surface area contributed by atoms with Crippen LogP contribution in [0.1, 0.15) is 24.8 Å². The van der Waals surface area contributed by atoms with Crippen LogP contribution in [0.25, 0.3) is 0 Å². The van der Waals surface area contributed by atoms with E-state index in [0.717, 1.165) is 11.4 Å². The third-order valence-corrected chi connectivity index (χ3v) is 2.86. The molecule has 1 nitrogen and oxygen atoms in total. The zero-order valence-corrected chi connectivity index (χ0v) is 8.21. The summed E-state index contributed by atoms with van der Waals surface area (Å²) >= 11 is 5.77. The van der Waals surface area contributed by atoms with Crippen molar-refractivity contribution in [1.29, 1.82) is 0 Å². The predicted molar refractivity (Wildman–Crippen MR) is 53.0 cm³/mol. The second kappa shape index (κ2) is 3.15. The molecule has 0 radical (unpaired) electrons. The van der Waals surface area contributed by atoms with Gasteiger partial charge < -0.3 is 0 Å². The highest BCUT2D eigenvalue weighted by Crippen LogP contribution is 2.47. The van der Waals surface area contributed by atoms with E-state index in [4.69, 9.17) is 11.6 Å². The first-order valence-electron chi connectivity index (χ1n) is 4.44. The van der Waals surface area contributed by atoms with Crippen LogP contribution in [0.4, 0.5) is 0 Å². The molecule has 1 aliphatic carbocycles. The van der Waals surface area contributed by atoms with Crippen molar-refractivity contribution in [2.24, 2.45) is 5.92 Å². The van der Waals surface area contributed by atoms with Crippen molar-refractivity contribution in [3.63, 3.8) is 0 Å². The van der Waals surface area contributed by atoms with Gasteiger partial charge in [-0.15, -0.1) is 0 Å². The fourth-order valence-electron chi connectivity index (χ4n) is 1.72. The van der Waals surface area contributed by atoms with Crippen molar-refractivity contribution in [2.45, 2.75) is 19.3 Å². The van der Waals surface area contributed by atoms with Crippen LogP contribution in [0.5, 0.6) is 0 Å². The summed E-state index contributed by atoms with van der Waals surface area (Å²) < 4.78 is 0. The van der Waals surface area contributed by atoms with Gasteiger partial charge in [-0.1, -0.05) is 23.7 Å². The van der Waals surface area contributed by atoms with Crippen LogP contribution >= 0.6 is 11.6 Å². The number of ketones is 1. The molecule has 2 atom stereocenters. The maximum Gasteiger partial charge on any atom is 0.133 e. The molecule has 1 aromatic carbocycles. The van der Waals surface area contributed by atoms with E-state index in [2.05, 4.69) is 0 Å². The lowest BCUT2D eigenvalue weighted by molar-refractivity contribution is -0.118. The molecule has 0 saturated heterocycles. The topological polar surface area (TPSA) is 17.1 Å². The lowest BCUT2D eigenvalue weighted by Gasteiger charge is -1.97. The van der Waals surface area contributed by atoms with E-state index in [-0.39, 0.29) is 5.92 Å². The van der Waals surface area contributed by atoms with E-state index in [0.29, 0.717) is 11.7 Å². The zero-order chi connectivity index (χ0) is 9.42. The molecule has 13 heavy (non-hydrogen) atoms. The molecule has 1 saturated carbocycles. The molecule has 0 bridgehead atoms. The minimum absolute atomic E-state index is 0.265. The molecule has 0 spiro atoms. The molecule has 0 heterocycles. The summed E-state index contributed by atoms with van der Waals surface area (Å²) in [7, 11) is 0. The standard InChI is InChI=1S/C11H11ClO/c1-7(13)10-6-11(10)8-2-4-9(12)5-3-8/h2-5,10-11H,6H2,1H3/t10-,11+/m1/s1. The number of carbonyl (C=O) groups excluding carboxylic acids is 1. The molecule has 0 amide bonds. The SMILES string of the molecule is CC(=O)[C@H]1C[C@H]1c1ccc(Cl)cc1. The van der Waals surface area contributed by atoms with Crippen molar-refractivity contribution in [3.05, 3.63) is 34.9 Å². The highest BCUT2D eigenvalue weighted by molar-refractivity contribution is 6.30. The number of halogens is 1. The summed E-state index contributed by atoms with van der Waals surface area (Å²) in [4.78, 5) is 11.0. The van der Waals surface area contributed by atoms with E-state index in [9.17, 15) is 4.79 Å². The number of rotatable bonds is 2. The Kier molecular flexibility index (Phi) is 2.12. The van der Waals surface area contributed by atoms with E-state index in [1.165, 1.54) is 5.56 Å². The number of carbonyl (C=O) groups is 1. The van der Waals surface area contributed by atoms with E-state index < -0.39 is 0 Å². The molecule has 0 aliphatic heterocycles. The third-order valence-electron chi connectivity index (χ3n) is 2.61. The van der Waals surface area contributed by atoms with Gasteiger partial charge in [0.2, 0.25) is 0 Å². The second-order valence-electron chi connectivity index (χ2n) is 3.61. The summed E-state index contributed by atoms with van der Waals surface area (Å²) in [5.41, 5.74) is 1.24. The molecule has 68 valence electrons. The smallest absolute Gasteiger partial charge is 0.133 e. The van der Waals surface area contributed by atoms with Crippen LogP contribution in [0.15, 0.2) is 24.3 Å². The first-order chi connectivity index (χ1) is 6.18. The van der Waals surface area contributed by atoms with Crippen LogP contribution in [0.2, 0.25) is 5.02 Å². The zero-order valence-electron chi connectivity index (χ0n) is 7.46. The molecule has 0 N–H and O–H groups in total. The van der Waals surface area contributed by atoms with E-state index in [1.54, 1.807) is 6.92 Å². The number of Topliss-reactive ketones (excluding diaryl/α,β-unsaturated/α-hetero) is 1. The first-order valence-corrected chi connectivity index (χ1v) is 4.82. The molecule has 1 aliphatic rings. The molecule has 2 rings (SSSR count). The molecular formula is C11H11ClO. The van der Waals surface area contributed by atoms with Gasteiger partial charge in [0.1, 0.15) is 5.78 Å². The van der Waals surface area contributed by atoms with Crippen molar-refractivity contribution in [3.8, 4) is 0 Å². The average molecular weight is 195 g/mol. The summed E-state index contributed by atoms with van der Waals surface area (Å²) in [5, 5.41) is 0.753. The molecule has 0 aromatic heterocycles. The van der Waals surface area contributed by atoms with Crippen molar-refractivity contribution < 1.29 is 4.79 Å². The number of hydrogen-bond donors (Lipinski definition) is 0. The minimum Gasteiger partial charge on any atom is -0.300 e. The van der Waals surface area contributed by atoms with Gasteiger partial charge >= 0.3 is 0 Å². The van der Waals surface area contributed by atoms with Crippen molar-refractivity contribution in [1.82, 2.24) is 0 Å². The van der Waals surface area contributed by atoms with Crippen LogP contribution in [0.3, 0.4) is 0 Å². The van der Waals surface area contributed by atoms with E-state index in [1.807, 2.05) is 24.3 Å². The molecule has 1 fully saturated rings. The Bertz CT molecular complexity index is 328. The van der Waals surface area contributed by atoms with Crippen molar-refractivity contribution in [2.75, 3.05) is 0 Å². The van der Waals surface area contributed by atoms with Crippen LogP contribution in [-0.4, -0.2) is 5.78 Å². The van der Waals surface area contributed by atoms with Gasteiger partial charge in [-0.05, 0) is 37.0 Å². The first kappa shape index (κ1) is 8.76. The fourth-order valence-corrected chi connectivity index (χ4v) is 1.85. The quantitative estimate of drug-likeness (QED) is 0.708. The number of benzene rings is 1. The van der Waals surface area contributed by atoms with Crippen molar-refractivity contribution >= 4 is 17.4 Å². The van der Waals surface area contributed by atoms with Gasteiger partial charge in [-0.3, -0.25) is 4.79 Å². The maximum absolute atomic E-state index is 11.0. The summed E-state index contributed by atoms with van der Waals surface area (Å²) in [5.74, 6) is 1.02. The Morgan fingerprint density at radius 2 is 2.00 bits per heavy atom. The van der Waals surface area contributed by atoms with E-state index >= 15 is 0 Å². The van der Waals surface area contributed by atoms with Gasteiger partial charge in [-0.2, -0.15) is 0 Å². The van der Waals surface area contributed by atoms with Gasteiger partial charge in [0, 0.05) is 10.9 Å². The maximum atomic E-state index is 11.0. The van der Waals surface area contributed by atoms with Gasteiger partial charge in [0.25, 0.3) is 0 Å². The number of hydrogen-bond acceptors (Lipinski definition) is 1. The van der Waals surface area contributed by atoms with Crippen LogP contribution in [-0.2, 0) is 4.79 Å². The lowest BCUT2D eigenvalue weighted by Crippen LogP contribution is -1.94. The minimum atomic E-state index is 0.265. The highest BCUT2D eigenvalue weighted by atomic mass is 35.5. The summed E-state index contributed by atoms with van der Waals surface area (Å²) in [6, 6.07) is 7.78. The third kappa shape index (κ3) is 1.75. The van der Waals surface area contributed by atoms with Crippen LogP contribution in [0, 0.1) is 5.92 Å². The lowest BCUT2D eigenvalue weighted by atomic mass is 10.1. The second-order valence-corrected chi connectivity index (χ2v) is 4.05. The predicted octanol–water partition coefficient (Wildman–Crippen LogP) is 3.03. The largest absolute Gasteiger partial charge is 0.300 e. The molecule has 2 heteroatoms. The Morgan fingerprint density at radius 3 is 2.46 bits per heavy atom. The monoisotopic (exact) mass is 194 g/mol. The molecular weight excluding hydrogens is 184 g/mol. The van der Waals surface area contributed by atoms with Gasteiger partial charge in [0.15, 0.2) is 0 Å². The Hall–Kier alpha value is -0.820. The highest BCUT2D eigenvalue weighted by Gasteiger charge is 2.41. The summed E-state index contributed by atoms with van der Waals surface area (Å²) in [6.07, 6.45) is 1.01. The molecule has 1 aromatic rings. The Morgan fingerprint density at radius 1 is 1.38 bits per heavy atom. The normalized spacial score (nSPS) is 25.7. The summed E-state index contributed by atoms with van der Waals surface area (Å²) in [6.45, 7) is 1.67. The van der Waals surface area contributed by atoms with Gasteiger partial charge in [-0.25, -0.2) is 0 Å². The average Bonchev–Trinajstić information content (AvgIpc) is 2.85. The fraction of sp³-hybridized carbons (Fsp3) is 0.364. The van der Waals surface area contributed by atoms with Gasteiger partial charge in [0.05, 0.1) is 0 Å². The molecule has 0 unspecified atom stereocenters.